The maximum atomic E-state index is 11.9. The van der Waals surface area contributed by atoms with Crippen molar-refractivity contribution >= 4 is 11.8 Å². The Kier molecular flexibility index (Phi) is 21.6. The van der Waals surface area contributed by atoms with Crippen LogP contribution in [0.5, 0.6) is 0 Å². The third kappa shape index (κ3) is 20.7. The molecule has 0 spiro atoms. The van der Waals surface area contributed by atoms with E-state index in [0.717, 1.165) is 44.9 Å². The number of rotatable bonds is 21. The number of hydrogen-bond donors (Lipinski definition) is 3. The van der Waals surface area contributed by atoms with Gasteiger partial charge in [0.1, 0.15) is 0 Å². The molecule has 0 saturated carbocycles. The molecule has 0 saturated heterocycles. The van der Waals surface area contributed by atoms with E-state index in [9.17, 15) is 9.59 Å². The second-order valence-electron chi connectivity index (χ2n) is 8.68. The molecule has 2 amide bonds. The van der Waals surface area contributed by atoms with Crippen LogP contribution in [0.25, 0.3) is 0 Å². The number of benzene rings is 1. The Morgan fingerprint density at radius 2 is 1.08 bits per heavy atom. The predicted octanol–water partition coefficient (Wildman–Crippen LogP) is 6.60. The maximum absolute atomic E-state index is 11.9. The van der Waals surface area contributed by atoms with Crippen molar-refractivity contribution in [3.63, 3.8) is 0 Å². The van der Waals surface area contributed by atoms with Crippen LogP contribution in [0.15, 0.2) is 103 Å². The third-order valence-electron chi connectivity index (χ3n) is 5.38. The first kappa shape index (κ1) is 32.6. The molecule has 0 radical (unpaired) electrons. The lowest BCUT2D eigenvalue weighted by molar-refractivity contribution is -0.120. The molecule has 1 aromatic carbocycles. The highest BCUT2D eigenvalue weighted by Crippen LogP contribution is 1.98. The van der Waals surface area contributed by atoms with E-state index in [0.29, 0.717) is 38.2 Å². The second kappa shape index (κ2) is 25.2. The van der Waals surface area contributed by atoms with Crippen molar-refractivity contribution in [2.75, 3.05) is 26.2 Å². The summed E-state index contributed by atoms with van der Waals surface area (Å²) < 4.78 is 0. The van der Waals surface area contributed by atoms with E-state index >= 15 is 0 Å². The Bertz CT molecular complexity index is 911. The molecule has 206 valence electrons. The van der Waals surface area contributed by atoms with E-state index in [1.807, 2.05) is 18.2 Å². The minimum absolute atomic E-state index is 0.0590. The summed E-state index contributed by atoms with van der Waals surface area (Å²) in [5.41, 5.74) is 0.659. The number of carbonyl (C=O) groups excluding carboxylic acids is 2. The number of amides is 2. The van der Waals surface area contributed by atoms with E-state index in [2.05, 4.69) is 95.8 Å². The number of nitrogens with one attached hydrogen (secondary N) is 3. The summed E-state index contributed by atoms with van der Waals surface area (Å²) in [4.78, 5) is 23.8. The number of hydrogen-bond acceptors (Lipinski definition) is 3. The Labute approximate surface area is 230 Å². The van der Waals surface area contributed by atoms with Crippen molar-refractivity contribution in [2.24, 2.45) is 0 Å². The van der Waals surface area contributed by atoms with Gasteiger partial charge < -0.3 is 16.0 Å². The smallest absolute Gasteiger partial charge is 0.251 e. The molecule has 5 heteroatoms. The standard InChI is InChI=1S/C33H47N3O2/c1-2-3-4-5-6-7-8-9-10-11-12-13-14-15-16-17-18-19-23-26-32(37)35-29-27-34-28-30-36-33(38)31-24-21-20-22-25-31/h3-4,6-7,9-10,12-13,15-16,18-22,24-25,34H,2,5,8,11,14,17,23,26-30H2,1H3,(H,35,37)(H,36,38). The van der Waals surface area contributed by atoms with Gasteiger partial charge in [0.2, 0.25) is 5.91 Å². The van der Waals surface area contributed by atoms with Crippen molar-refractivity contribution < 1.29 is 9.59 Å². The van der Waals surface area contributed by atoms with Gasteiger partial charge in [0.25, 0.3) is 5.91 Å². The second-order valence-corrected chi connectivity index (χ2v) is 8.68. The van der Waals surface area contributed by atoms with E-state index < -0.39 is 0 Å². The molecule has 0 fully saturated rings. The van der Waals surface area contributed by atoms with Crippen LogP contribution < -0.4 is 16.0 Å². The monoisotopic (exact) mass is 517 g/mol. The molecule has 0 atom stereocenters. The van der Waals surface area contributed by atoms with Crippen LogP contribution in [0.4, 0.5) is 0 Å². The van der Waals surface area contributed by atoms with Gasteiger partial charge in [-0.15, -0.1) is 0 Å². The molecule has 38 heavy (non-hydrogen) atoms. The van der Waals surface area contributed by atoms with Crippen molar-refractivity contribution in [2.45, 2.75) is 58.3 Å². The van der Waals surface area contributed by atoms with Crippen molar-refractivity contribution in [1.82, 2.24) is 16.0 Å². The Hall–Kier alpha value is -3.44. The average Bonchev–Trinajstić information content (AvgIpc) is 2.94. The summed E-state index contributed by atoms with van der Waals surface area (Å²) in [5, 5.41) is 8.99. The van der Waals surface area contributed by atoms with Crippen molar-refractivity contribution in [1.29, 1.82) is 0 Å². The number of allylic oxidation sites excluding steroid dienone is 12. The molecule has 1 aromatic rings. The van der Waals surface area contributed by atoms with E-state index in [-0.39, 0.29) is 11.8 Å². The van der Waals surface area contributed by atoms with Crippen LogP contribution in [0.3, 0.4) is 0 Å². The van der Waals surface area contributed by atoms with Gasteiger partial charge in [-0.05, 0) is 57.1 Å². The quantitative estimate of drug-likeness (QED) is 0.127. The highest BCUT2D eigenvalue weighted by atomic mass is 16.2. The molecule has 0 aromatic heterocycles. The van der Waals surface area contributed by atoms with E-state index in [4.69, 9.17) is 0 Å². The molecule has 0 bridgehead atoms. The molecule has 5 nitrogen and oxygen atoms in total. The normalized spacial score (nSPS) is 12.2. The molecule has 3 N–H and O–H groups in total. The van der Waals surface area contributed by atoms with Gasteiger partial charge in [0.15, 0.2) is 0 Å². The first-order valence-corrected chi connectivity index (χ1v) is 13.9. The highest BCUT2D eigenvalue weighted by Gasteiger charge is 2.02. The highest BCUT2D eigenvalue weighted by molar-refractivity contribution is 5.94. The fourth-order valence-corrected chi connectivity index (χ4v) is 3.31. The first-order valence-electron chi connectivity index (χ1n) is 13.9. The molecule has 0 aliphatic heterocycles. The van der Waals surface area contributed by atoms with Gasteiger partial charge in [0.05, 0.1) is 0 Å². The Morgan fingerprint density at radius 1 is 0.605 bits per heavy atom. The topological polar surface area (TPSA) is 70.2 Å². The van der Waals surface area contributed by atoms with Crippen LogP contribution in [-0.2, 0) is 4.79 Å². The van der Waals surface area contributed by atoms with Crippen LogP contribution in [0.1, 0.15) is 68.6 Å². The summed E-state index contributed by atoms with van der Waals surface area (Å²) in [5.74, 6) is -0.0150. The van der Waals surface area contributed by atoms with E-state index in [1.54, 1.807) is 12.1 Å². The minimum Gasteiger partial charge on any atom is -0.355 e. The predicted molar refractivity (Wildman–Crippen MR) is 162 cm³/mol. The molecular weight excluding hydrogens is 470 g/mol. The lowest BCUT2D eigenvalue weighted by Gasteiger charge is -2.08. The lowest BCUT2D eigenvalue weighted by Crippen LogP contribution is -2.36. The van der Waals surface area contributed by atoms with Gasteiger partial charge in [0, 0.05) is 38.2 Å². The lowest BCUT2D eigenvalue weighted by atomic mass is 10.2. The summed E-state index contributed by atoms with van der Waals surface area (Å²) in [6, 6.07) is 9.16. The summed E-state index contributed by atoms with van der Waals surface area (Å²) in [6.07, 6.45) is 33.3. The van der Waals surface area contributed by atoms with Gasteiger partial charge in [-0.1, -0.05) is 98.0 Å². The zero-order valence-corrected chi connectivity index (χ0v) is 23.1. The molecular formula is C33H47N3O2. The van der Waals surface area contributed by atoms with Gasteiger partial charge in [-0.2, -0.15) is 0 Å². The summed E-state index contributed by atoms with van der Waals surface area (Å²) in [6.45, 7) is 4.61. The fraction of sp³-hybridized carbons (Fsp3) is 0.394. The summed E-state index contributed by atoms with van der Waals surface area (Å²) in [7, 11) is 0. The van der Waals surface area contributed by atoms with Crippen LogP contribution >= 0.6 is 0 Å². The Morgan fingerprint density at radius 3 is 1.61 bits per heavy atom. The van der Waals surface area contributed by atoms with Gasteiger partial charge in [-0.3, -0.25) is 9.59 Å². The van der Waals surface area contributed by atoms with Crippen molar-refractivity contribution in [3.05, 3.63) is 109 Å². The largest absolute Gasteiger partial charge is 0.355 e. The van der Waals surface area contributed by atoms with Gasteiger partial charge >= 0.3 is 0 Å². The molecule has 0 unspecified atom stereocenters. The average molecular weight is 518 g/mol. The van der Waals surface area contributed by atoms with Crippen LogP contribution in [0.2, 0.25) is 0 Å². The zero-order valence-electron chi connectivity index (χ0n) is 23.1. The third-order valence-corrected chi connectivity index (χ3v) is 5.38. The summed E-state index contributed by atoms with van der Waals surface area (Å²) >= 11 is 0. The maximum Gasteiger partial charge on any atom is 0.251 e. The molecule has 0 aliphatic rings. The zero-order chi connectivity index (χ0) is 27.4. The van der Waals surface area contributed by atoms with Crippen molar-refractivity contribution in [3.8, 4) is 0 Å². The molecule has 0 heterocycles. The minimum atomic E-state index is -0.0740. The van der Waals surface area contributed by atoms with Crippen LogP contribution in [-0.4, -0.2) is 38.0 Å². The first-order chi connectivity index (χ1) is 18.7. The van der Waals surface area contributed by atoms with E-state index in [1.165, 1.54) is 0 Å². The fourth-order valence-electron chi connectivity index (χ4n) is 3.31. The SMILES string of the molecule is CCC=CCC=CCC=CCC=CCC=CCC=CCCC(=O)NCCNCCNC(=O)c1ccccc1. The van der Waals surface area contributed by atoms with Gasteiger partial charge in [-0.25, -0.2) is 0 Å². The molecule has 1 rings (SSSR count). The molecule has 0 aliphatic carbocycles. The number of carbonyl (C=O) groups is 2. The van der Waals surface area contributed by atoms with Crippen LogP contribution in [0, 0.1) is 0 Å². The Balaban J connectivity index is 1.91.